The molecule has 98 valence electrons. The van der Waals surface area contributed by atoms with Crippen LogP contribution in [-0.2, 0) is 19.5 Å². The normalized spacial score (nSPS) is 13.2. The Labute approximate surface area is 116 Å². The van der Waals surface area contributed by atoms with Crippen molar-refractivity contribution in [3.8, 4) is 0 Å². The van der Waals surface area contributed by atoms with Crippen molar-refractivity contribution in [3.63, 3.8) is 0 Å². The van der Waals surface area contributed by atoms with Crippen molar-refractivity contribution < 1.29 is 0 Å². The van der Waals surface area contributed by atoms with Gasteiger partial charge in [-0.2, -0.15) is 5.10 Å². The van der Waals surface area contributed by atoms with E-state index in [0.717, 1.165) is 17.2 Å². The minimum atomic E-state index is 0.284. The smallest absolute Gasteiger partial charge is 0.110 e. The van der Waals surface area contributed by atoms with Gasteiger partial charge in [0.2, 0.25) is 0 Å². The third-order valence-electron chi connectivity index (χ3n) is 2.92. The van der Waals surface area contributed by atoms with Crippen molar-refractivity contribution >= 4 is 22.9 Å². The summed E-state index contributed by atoms with van der Waals surface area (Å²) in [6.07, 6.45) is 3.94. The number of aryl methyl sites for hydroxylation is 1. The van der Waals surface area contributed by atoms with Gasteiger partial charge < -0.3 is 0 Å². The van der Waals surface area contributed by atoms with Crippen molar-refractivity contribution in [2.24, 2.45) is 7.05 Å². The van der Waals surface area contributed by atoms with E-state index in [1.807, 2.05) is 29.5 Å². The first-order chi connectivity index (χ1) is 8.60. The highest BCUT2D eigenvalue weighted by atomic mass is 35.5. The third kappa shape index (κ3) is 3.10. The van der Waals surface area contributed by atoms with Crippen LogP contribution >= 0.6 is 22.9 Å². The molecule has 1 unspecified atom stereocenters. The van der Waals surface area contributed by atoms with Gasteiger partial charge in [-0.3, -0.25) is 9.58 Å². The Morgan fingerprint density at radius 3 is 2.89 bits per heavy atom. The van der Waals surface area contributed by atoms with Gasteiger partial charge in [0, 0.05) is 30.7 Å². The van der Waals surface area contributed by atoms with E-state index in [4.69, 9.17) is 11.6 Å². The van der Waals surface area contributed by atoms with Crippen LogP contribution < -0.4 is 0 Å². The molecule has 0 aliphatic rings. The number of hydrogen-bond donors (Lipinski definition) is 0. The molecule has 0 radical (unpaired) electrons. The topological polar surface area (TPSA) is 34.0 Å². The molecular formula is C12H17ClN4S. The summed E-state index contributed by atoms with van der Waals surface area (Å²) in [7, 11) is 4.03. The molecule has 0 saturated carbocycles. The second kappa shape index (κ2) is 5.82. The summed E-state index contributed by atoms with van der Waals surface area (Å²) < 4.78 is 1.82. The first-order valence-corrected chi connectivity index (χ1v) is 7.19. The summed E-state index contributed by atoms with van der Waals surface area (Å²) in [4.78, 5) is 6.78. The fraction of sp³-hybridized carbons (Fsp3) is 0.500. The first-order valence-electron chi connectivity index (χ1n) is 5.78. The number of alkyl halides is 1. The van der Waals surface area contributed by atoms with Crippen LogP contribution in [0.1, 0.15) is 29.2 Å². The number of aromatic nitrogens is 3. The molecule has 0 aliphatic carbocycles. The van der Waals surface area contributed by atoms with Crippen LogP contribution in [0.2, 0.25) is 0 Å². The van der Waals surface area contributed by atoms with Crippen molar-refractivity contribution in [1.29, 1.82) is 0 Å². The second-order valence-electron chi connectivity index (χ2n) is 4.42. The van der Waals surface area contributed by atoms with E-state index >= 15 is 0 Å². The summed E-state index contributed by atoms with van der Waals surface area (Å²) in [5.74, 6) is 0.482. The van der Waals surface area contributed by atoms with E-state index in [1.165, 1.54) is 5.56 Å². The SMILES string of the molecule is CC(c1nc(CCl)cs1)N(C)Cc1cnn(C)c1. The highest BCUT2D eigenvalue weighted by molar-refractivity contribution is 7.09. The Hall–Kier alpha value is -0.910. The number of hydrogen-bond acceptors (Lipinski definition) is 4. The molecular weight excluding hydrogens is 268 g/mol. The molecule has 0 amide bonds. The summed E-state index contributed by atoms with van der Waals surface area (Å²) in [5.41, 5.74) is 2.17. The van der Waals surface area contributed by atoms with Gasteiger partial charge in [-0.1, -0.05) is 0 Å². The number of thiazole rings is 1. The van der Waals surface area contributed by atoms with Crippen molar-refractivity contribution in [1.82, 2.24) is 19.7 Å². The van der Waals surface area contributed by atoms with Crippen molar-refractivity contribution in [2.75, 3.05) is 7.05 Å². The van der Waals surface area contributed by atoms with Gasteiger partial charge in [0.25, 0.3) is 0 Å². The van der Waals surface area contributed by atoms with Gasteiger partial charge in [-0.05, 0) is 14.0 Å². The van der Waals surface area contributed by atoms with Crippen LogP contribution in [0.25, 0.3) is 0 Å². The van der Waals surface area contributed by atoms with E-state index in [9.17, 15) is 0 Å². The summed E-state index contributed by atoms with van der Waals surface area (Å²) in [6.45, 7) is 3.03. The Morgan fingerprint density at radius 1 is 1.56 bits per heavy atom. The maximum atomic E-state index is 5.78. The molecule has 4 nitrogen and oxygen atoms in total. The lowest BCUT2D eigenvalue weighted by molar-refractivity contribution is 0.252. The molecule has 0 spiro atoms. The Kier molecular flexibility index (Phi) is 4.37. The summed E-state index contributed by atoms with van der Waals surface area (Å²) in [5, 5.41) is 7.31. The minimum Gasteiger partial charge on any atom is -0.293 e. The van der Waals surface area contributed by atoms with Crippen molar-refractivity contribution in [2.45, 2.75) is 25.4 Å². The van der Waals surface area contributed by atoms with Gasteiger partial charge >= 0.3 is 0 Å². The molecule has 0 aliphatic heterocycles. The molecule has 0 saturated heterocycles. The number of nitrogens with zero attached hydrogens (tertiary/aromatic N) is 4. The Morgan fingerprint density at radius 2 is 2.33 bits per heavy atom. The predicted octanol–water partition coefficient (Wildman–Crippen LogP) is 2.81. The molecule has 2 aromatic rings. The lowest BCUT2D eigenvalue weighted by Gasteiger charge is -2.22. The van der Waals surface area contributed by atoms with Crippen LogP contribution in [0.4, 0.5) is 0 Å². The molecule has 2 heterocycles. The standard InChI is InChI=1S/C12H17ClN4S/c1-9(12-15-11(4-13)8-18-12)16(2)6-10-5-14-17(3)7-10/h5,7-9H,4,6H2,1-3H3. The average Bonchev–Trinajstić information content (AvgIpc) is 2.97. The summed E-state index contributed by atoms with van der Waals surface area (Å²) >= 11 is 7.44. The second-order valence-corrected chi connectivity index (χ2v) is 5.58. The molecule has 0 aromatic carbocycles. The fourth-order valence-corrected chi connectivity index (χ4v) is 2.91. The quantitative estimate of drug-likeness (QED) is 0.792. The lowest BCUT2D eigenvalue weighted by atomic mass is 10.2. The fourth-order valence-electron chi connectivity index (χ4n) is 1.74. The number of rotatable bonds is 5. The van der Waals surface area contributed by atoms with E-state index in [2.05, 4.69) is 29.0 Å². The predicted molar refractivity (Wildman–Crippen MR) is 74.8 cm³/mol. The van der Waals surface area contributed by atoms with E-state index < -0.39 is 0 Å². The van der Waals surface area contributed by atoms with E-state index in [1.54, 1.807) is 11.3 Å². The molecule has 0 bridgehead atoms. The van der Waals surface area contributed by atoms with Crippen LogP contribution in [0, 0.1) is 0 Å². The molecule has 2 rings (SSSR count). The zero-order valence-corrected chi connectivity index (χ0v) is 12.4. The van der Waals surface area contributed by atoms with Gasteiger partial charge in [-0.15, -0.1) is 22.9 Å². The van der Waals surface area contributed by atoms with Crippen LogP contribution in [0.5, 0.6) is 0 Å². The van der Waals surface area contributed by atoms with Crippen LogP contribution in [0.15, 0.2) is 17.8 Å². The van der Waals surface area contributed by atoms with Gasteiger partial charge in [-0.25, -0.2) is 4.98 Å². The molecule has 1 atom stereocenters. The lowest BCUT2D eigenvalue weighted by Crippen LogP contribution is -2.21. The summed E-state index contributed by atoms with van der Waals surface area (Å²) in [6, 6.07) is 0.284. The van der Waals surface area contributed by atoms with E-state index in [-0.39, 0.29) is 6.04 Å². The van der Waals surface area contributed by atoms with Crippen molar-refractivity contribution in [3.05, 3.63) is 34.0 Å². The molecule has 6 heteroatoms. The Bertz CT molecular complexity index is 508. The monoisotopic (exact) mass is 284 g/mol. The largest absolute Gasteiger partial charge is 0.293 e. The molecule has 0 N–H and O–H groups in total. The molecule has 2 aromatic heterocycles. The van der Waals surface area contributed by atoms with E-state index in [0.29, 0.717) is 5.88 Å². The van der Waals surface area contributed by atoms with Crippen LogP contribution in [-0.4, -0.2) is 26.7 Å². The average molecular weight is 285 g/mol. The molecule has 0 fully saturated rings. The maximum absolute atomic E-state index is 5.78. The van der Waals surface area contributed by atoms with Gasteiger partial charge in [0.1, 0.15) is 5.01 Å². The highest BCUT2D eigenvalue weighted by Gasteiger charge is 2.16. The third-order valence-corrected chi connectivity index (χ3v) is 4.25. The zero-order valence-electron chi connectivity index (χ0n) is 10.8. The van der Waals surface area contributed by atoms with Gasteiger partial charge in [0.15, 0.2) is 0 Å². The maximum Gasteiger partial charge on any atom is 0.110 e. The first kappa shape index (κ1) is 13.5. The van der Waals surface area contributed by atoms with Gasteiger partial charge in [0.05, 0.1) is 23.8 Å². The number of halogens is 1. The zero-order chi connectivity index (χ0) is 13.1. The Balaban J connectivity index is 2.01. The minimum absolute atomic E-state index is 0.284. The highest BCUT2D eigenvalue weighted by Crippen LogP contribution is 2.24. The van der Waals surface area contributed by atoms with Crippen LogP contribution in [0.3, 0.4) is 0 Å². The molecule has 18 heavy (non-hydrogen) atoms.